The molecule has 6 nitrogen and oxygen atoms in total. The van der Waals surface area contributed by atoms with Gasteiger partial charge in [-0.3, -0.25) is 4.79 Å². The first kappa shape index (κ1) is 25.7. The van der Waals surface area contributed by atoms with E-state index in [2.05, 4.69) is 66.7 Å². The van der Waals surface area contributed by atoms with Crippen molar-refractivity contribution in [2.24, 2.45) is 5.10 Å². The van der Waals surface area contributed by atoms with Gasteiger partial charge in [-0.1, -0.05) is 42.5 Å². The number of hydrogen-bond acceptors (Lipinski definition) is 5. The maximum absolute atomic E-state index is 12.5. The number of halogens is 2. The summed E-state index contributed by atoms with van der Waals surface area (Å²) in [5.41, 5.74) is 4.83. The van der Waals surface area contributed by atoms with Gasteiger partial charge in [-0.2, -0.15) is 5.10 Å². The van der Waals surface area contributed by atoms with Crippen molar-refractivity contribution in [2.75, 3.05) is 13.7 Å². The van der Waals surface area contributed by atoms with Gasteiger partial charge in [0, 0.05) is 5.56 Å². The highest BCUT2D eigenvalue weighted by Gasteiger charge is 2.12. The summed E-state index contributed by atoms with van der Waals surface area (Å²) in [5, 5.41) is 6.44. The van der Waals surface area contributed by atoms with E-state index < -0.39 is 0 Å². The van der Waals surface area contributed by atoms with Gasteiger partial charge in [0.2, 0.25) is 0 Å². The molecule has 4 rings (SSSR count). The lowest BCUT2D eigenvalue weighted by Crippen LogP contribution is -2.17. The molecule has 0 aliphatic rings. The lowest BCUT2D eigenvalue weighted by Gasteiger charge is -2.13. The zero-order valence-electron chi connectivity index (χ0n) is 19.8. The monoisotopic (exact) mass is 610 g/mol. The van der Waals surface area contributed by atoms with E-state index >= 15 is 0 Å². The summed E-state index contributed by atoms with van der Waals surface area (Å²) in [6.45, 7) is 2.76. The summed E-state index contributed by atoms with van der Waals surface area (Å²) in [5.74, 6) is 1.40. The van der Waals surface area contributed by atoms with Gasteiger partial charge in [0.05, 0.1) is 28.9 Å². The van der Waals surface area contributed by atoms with Crippen LogP contribution in [-0.4, -0.2) is 25.8 Å². The number of ether oxygens (including phenoxy) is 3. The number of nitrogens with zero attached hydrogens (tertiary/aromatic N) is 1. The van der Waals surface area contributed by atoms with E-state index in [-0.39, 0.29) is 5.91 Å². The van der Waals surface area contributed by atoms with Crippen LogP contribution in [0.5, 0.6) is 17.2 Å². The molecule has 0 saturated carbocycles. The smallest absolute Gasteiger partial charge is 0.271 e. The first-order valence-corrected chi connectivity index (χ1v) is 12.8. The minimum atomic E-state index is -0.358. The van der Waals surface area contributed by atoms with Crippen LogP contribution in [0.3, 0.4) is 0 Å². The molecule has 0 radical (unpaired) electrons. The van der Waals surface area contributed by atoms with Crippen LogP contribution in [-0.2, 0) is 6.61 Å². The average molecular weight is 612 g/mol. The van der Waals surface area contributed by atoms with Crippen molar-refractivity contribution >= 4 is 54.8 Å². The maximum atomic E-state index is 12.5. The number of benzene rings is 4. The molecule has 0 atom stereocenters. The van der Waals surface area contributed by atoms with Crippen LogP contribution in [0.2, 0.25) is 0 Å². The summed E-state index contributed by atoms with van der Waals surface area (Å²) >= 11 is 7.17. The highest BCUT2D eigenvalue weighted by molar-refractivity contribution is 9.11. The quantitative estimate of drug-likeness (QED) is 0.162. The van der Waals surface area contributed by atoms with Crippen molar-refractivity contribution in [3.8, 4) is 17.2 Å². The van der Waals surface area contributed by atoms with E-state index in [1.165, 1.54) is 5.39 Å². The Bertz CT molecular complexity index is 1390. The van der Waals surface area contributed by atoms with E-state index in [1.54, 1.807) is 31.5 Å². The summed E-state index contributed by atoms with van der Waals surface area (Å²) in [7, 11) is 1.55. The Morgan fingerprint density at radius 3 is 2.44 bits per heavy atom. The van der Waals surface area contributed by atoms with Crippen molar-refractivity contribution in [3.05, 3.63) is 98.4 Å². The highest BCUT2D eigenvalue weighted by atomic mass is 79.9. The average Bonchev–Trinajstić information content (AvgIpc) is 2.88. The van der Waals surface area contributed by atoms with Crippen LogP contribution < -0.4 is 19.6 Å². The minimum absolute atomic E-state index is 0.358. The van der Waals surface area contributed by atoms with Crippen LogP contribution >= 0.6 is 31.9 Å². The van der Waals surface area contributed by atoms with Gasteiger partial charge < -0.3 is 14.2 Å². The molecular formula is C28H24Br2N2O4. The van der Waals surface area contributed by atoms with E-state index in [0.29, 0.717) is 36.0 Å². The van der Waals surface area contributed by atoms with Gasteiger partial charge in [-0.25, -0.2) is 5.43 Å². The molecular weight excluding hydrogens is 588 g/mol. The van der Waals surface area contributed by atoms with Crippen molar-refractivity contribution < 1.29 is 19.0 Å². The van der Waals surface area contributed by atoms with Crippen molar-refractivity contribution in [1.82, 2.24) is 5.43 Å². The predicted molar refractivity (Wildman–Crippen MR) is 149 cm³/mol. The number of carbonyl (C=O) groups excluding carboxylic acids is 1. The second kappa shape index (κ2) is 12.1. The SMILES string of the molecule is CCOc1cc(C(=O)N/N=C/c2cc(Br)c(OCc3cccc4ccccc34)c(Br)c2)ccc1OC. The molecule has 0 fully saturated rings. The Kier molecular flexibility index (Phi) is 8.61. The molecule has 0 aliphatic heterocycles. The largest absolute Gasteiger partial charge is 0.493 e. The third kappa shape index (κ3) is 6.06. The predicted octanol–water partition coefficient (Wildman–Crippen LogP) is 7.12. The summed E-state index contributed by atoms with van der Waals surface area (Å²) in [4.78, 5) is 12.5. The van der Waals surface area contributed by atoms with E-state index in [9.17, 15) is 4.79 Å². The Hall–Kier alpha value is -3.36. The number of carbonyl (C=O) groups is 1. The number of methoxy groups -OCH3 is 1. The van der Waals surface area contributed by atoms with Crippen molar-refractivity contribution in [1.29, 1.82) is 0 Å². The lowest BCUT2D eigenvalue weighted by atomic mass is 10.1. The lowest BCUT2D eigenvalue weighted by molar-refractivity contribution is 0.0954. The van der Waals surface area contributed by atoms with E-state index in [4.69, 9.17) is 14.2 Å². The molecule has 184 valence electrons. The first-order valence-electron chi connectivity index (χ1n) is 11.2. The molecule has 1 amide bonds. The molecule has 4 aromatic rings. The molecule has 0 spiro atoms. The van der Waals surface area contributed by atoms with Gasteiger partial charge in [0.25, 0.3) is 5.91 Å². The Labute approximate surface area is 226 Å². The van der Waals surface area contributed by atoms with Gasteiger partial charge in [-0.05, 0) is 91.0 Å². The molecule has 0 bridgehead atoms. The standard InChI is InChI=1S/C28H24Br2N2O4/c1-3-35-26-15-20(11-12-25(26)34-2)28(33)32-31-16-18-13-23(29)27(24(30)14-18)36-17-21-9-6-8-19-7-4-5-10-22(19)21/h4-16H,3,17H2,1-2H3,(H,32,33)/b31-16+. The van der Waals surface area contributed by atoms with Crippen molar-refractivity contribution in [3.63, 3.8) is 0 Å². The summed E-state index contributed by atoms with van der Waals surface area (Å²) in [6.07, 6.45) is 1.56. The molecule has 0 aliphatic carbocycles. The Morgan fingerprint density at radius 1 is 0.944 bits per heavy atom. The highest BCUT2D eigenvalue weighted by Crippen LogP contribution is 2.35. The van der Waals surface area contributed by atoms with Crippen molar-refractivity contribution in [2.45, 2.75) is 13.5 Å². The number of fused-ring (bicyclic) bond motifs is 1. The van der Waals surface area contributed by atoms with E-state index in [1.807, 2.05) is 37.3 Å². The van der Waals surface area contributed by atoms with Gasteiger partial charge >= 0.3 is 0 Å². The number of rotatable bonds is 9. The molecule has 4 aromatic carbocycles. The topological polar surface area (TPSA) is 69.2 Å². The minimum Gasteiger partial charge on any atom is -0.493 e. The fourth-order valence-electron chi connectivity index (χ4n) is 3.68. The number of hydrogen-bond donors (Lipinski definition) is 1. The number of nitrogens with one attached hydrogen (secondary N) is 1. The summed E-state index contributed by atoms with van der Waals surface area (Å²) < 4.78 is 18.5. The molecule has 36 heavy (non-hydrogen) atoms. The Morgan fingerprint density at radius 2 is 1.69 bits per heavy atom. The molecule has 8 heteroatoms. The van der Waals surface area contributed by atoms with Gasteiger partial charge in [0.1, 0.15) is 12.4 Å². The third-order valence-electron chi connectivity index (χ3n) is 5.38. The normalized spacial score (nSPS) is 11.0. The Balaban J connectivity index is 1.43. The first-order chi connectivity index (χ1) is 17.5. The third-order valence-corrected chi connectivity index (χ3v) is 6.56. The van der Waals surface area contributed by atoms with Crippen LogP contribution in [0, 0.1) is 0 Å². The van der Waals surface area contributed by atoms with Crippen LogP contribution in [0.15, 0.2) is 86.8 Å². The molecule has 0 saturated heterocycles. The molecule has 0 unspecified atom stereocenters. The number of hydrazone groups is 1. The number of amides is 1. The van der Waals surface area contributed by atoms with E-state index in [0.717, 1.165) is 25.5 Å². The second-order valence-corrected chi connectivity index (χ2v) is 9.45. The molecule has 1 N–H and O–H groups in total. The maximum Gasteiger partial charge on any atom is 0.271 e. The van der Waals surface area contributed by atoms with Crippen LogP contribution in [0.1, 0.15) is 28.4 Å². The van der Waals surface area contributed by atoms with Gasteiger partial charge in [0.15, 0.2) is 11.5 Å². The van der Waals surface area contributed by atoms with Crippen LogP contribution in [0.25, 0.3) is 10.8 Å². The fourth-order valence-corrected chi connectivity index (χ4v) is 5.13. The zero-order chi connectivity index (χ0) is 25.5. The zero-order valence-corrected chi connectivity index (χ0v) is 22.9. The van der Waals surface area contributed by atoms with Gasteiger partial charge in [-0.15, -0.1) is 0 Å². The fraction of sp³-hybridized carbons (Fsp3) is 0.143. The van der Waals surface area contributed by atoms with Crippen LogP contribution in [0.4, 0.5) is 0 Å². The molecule has 0 aromatic heterocycles. The second-order valence-electron chi connectivity index (χ2n) is 7.74. The summed E-state index contributed by atoms with van der Waals surface area (Å²) in [6, 6.07) is 23.1. The molecule has 0 heterocycles.